The van der Waals surface area contributed by atoms with Gasteiger partial charge in [-0.3, -0.25) is 20.1 Å². The molecule has 1 saturated heterocycles. The van der Waals surface area contributed by atoms with Crippen molar-refractivity contribution in [2.75, 3.05) is 25.0 Å². The standard InChI is InChI=1S/C14H20N6OS/c1-9-6-12(18-16-9)11-4-3-5-20(7-11)8-13(21)15-14-19-17-10(2)22-14/h6,11H,3-5,7-8H2,1-2H3,(H,16,18)(H,15,19,21)/t11-/m0/s1. The van der Waals surface area contributed by atoms with E-state index in [0.717, 1.165) is 42.3 Å². The third kappa shape index (κ3) is 3.69. The highest BCUT2D eigenvalue weighted by molar-refractivity contribution is 7.15. The van der Waals surface area contributed by atoms with Crippen molar-refractivity contribution in [3.8, 4) is 0 Å². The molecule has 1 aliphatic rings. The van der Waals surface area contributed by atoms with E-state index < -0.39 is 0 Å². The molecule has 2 N–H and O–H groups in total. The van der Waals surface area contributed by atoms with Crippen LogP contribution in [0.25, 0.3) is 0 Å². The van der Waals surface area contributed by atoms with Gasteiger partial charge in [0.05, 0.1) is 12.2 Å². The number of hydrogen-bond acceptors (Lipinski definition) is 6. The Hall–Kier alpha value is -1.80. The summed E-state index contributed by atoms with van der Waals surface area (Å²) < 4.78 is 0. The van der Waals surface area contributed by atoms with Gasteiger partial charge in [0.25, 0.3) is 0 Å². The Morgan fingerprint density at radius 1 is 1.50 bits per heavy atom. The van der Waals surface area contributed by atoms with E-state index in [0.29, 0.717) is 17.6 Å². The molecule has 0 radical (unpaired) electrons. The van der Waals surface area contributed by atoms with Gasteiger partial charge in [0.2, 0.25) is 11.0 Å². The second-order valence-electron chi connectivity index (χ2n) is 5.72. The lowest BCUT2D eigenvalue weighted by Gasteiger charge is -2.31. The van der Waals surface area contributed by atoms with E-state index in [1.54, 1.807) is 0 Å². The molecule has 0 aliphatic carbocycles. The highest BCUT2D eigenvalue weighted by Gasteiger charge is 2.24. The molecule has 0 spiro atoms. The zero-order valence-corrected chi connectivity index (χ0v) is 13.6. The molecule has 3 heterocycles. The number of anilines is 1. The lowest BCUT2D eigenvalue weighted by atomic mass is 9.94. The summed E-state index contributed by atoms with van der Waals surface area (Å²) in [5.74, 6) is 0.366. The Morgan fingerprint density at radius 2 is 2.36 bits per heavy atom. The van der Waals surface area contributed by atoms with Gasteiger partial charge < -0.3 is 0 Å². The summed E-state index contributed by atoms with van der Waals surface area (Å²) >= 11 is 1.39. The van der Waals surface area contributed by atoms with E-state index in [9.17, 15) is 4.79 Å². The summed E-state index contributed by atoms with van der Waals surface area (Å²) in [6, 6.07) is 2.10. The number of likely N-dealkylation sites (tertiary alicyclic amines) is 1. The van der Waals surface area contributed by atoms with E-state index in [2.05, 4.69) is 36.7 Å². The number of piperidine rings is 1. The van der Waals surface area contributed by atoms with Gasteiger partial charge in [0.1, 0.15) is 5.01 Å². The number of H-pyrrole nitrogens is 1. The molecule has 2 aromatic heterocycles. The summed E-state index contributed by atoms with van der Waals surface area (Å²) in [7, 11) is 0. The molecular formula is C14H20N6OS. The van der Waals surface area contributed by atoms with Crippen LogP contribution < -0.4 is 5.32 Å². The zero-order valence-electron chi connectivity index (χ0n) is 12.8. The number of hydrogen-bond donors (Lipinski definition) is 2. The molecule has 0 saturated carbocycles. The zero-order chi connectivity index (χ0) is 15.5. The number of aromatic amines is 1. The predicted molar refractivity (Wildman–Crippen MR) is 85.0 cm³/mol. The minimum Gasteiger partial charge on any atom is -0.299 e. The van der Waals surface area contributed by atoms with Crippen LogP contribution in [0.3, 0.4) is 0 Å². The van der Waals surface area contributed by atoms with Crippen molar-refractivity contribution in [1.29, 1.82) is 0 Å². The minimum absolute atomic E-state index is 0.0324. The van der Waals surface area contributed by atoms with Gasteiger partial charge in [0.15, 0.2) is 0 Å². The summed E-state index contributed by atoms with van der Waals surface area (Å²) in [5, 5.41) is 19.4. The smallest absolute Gasteiger partial charge is 0.240 e. The average Bonchev–Trinajstić information content (AvgIpc) is 3.08. The van der Waals surface area contributed by atoms with Gasteiger partial charge in [-0.05, 0) is 39.3 Å². The molecule has 8 heteroatoms. The van der Waals surface area contributed by atoms with Crippen molar-refractivity contribution < 1.29 is 4.79 Å². The topological polar surface area (TPSA) is 86.8 Å². The van der Waals surface area contributed by atoms with E-state index in [-0.39, 0.29) is 5.91 Å². The second-order valence-corrected chi connectivity index (χ2v) is 6.91. The Bertz CT molecular complexity index is 651. The molecule has 0 bridgehead atoms. The summed E-state index contributed by atoms with van der Waals surface area (Å²) in [6.07, 6.45) is 2.21. The van der Waals surface area contributed by atoms with Crippen molar-refractivity contribution in [3.63, 3.8) is 0 Å². The number of aromatic nitrogens is 4. The fourth-order valence-electron chi connectivity index (χ4n) is 2.80. The molecule has 0 unspecified atom stereocenters. The normalized spacial score (nSPS) is 19.3. The Balaban J connectivity index is 1.54. The third-order valence-electron chi connectivity index (χ3n) is 3.79. The van der Waals surface area contributed by atoms with Crippen LogP contribution >= 0.6 is 11.3 Å². The van der Waals surface area contributed by atoms with Gasteiger partial charge in [0, 0.05) is 18.2 Å². The first-order valence-corrected chi connectivity index (χ1v) is 8.26. The molecule has 1 fully saturated rings. The monoisotopic (exact) mass is 320 g/mol. The first-order valence-electron chi connectivity index (χ1n) is 7.44. The maximum atomic E-state index is 12.1. The maximum Gasteiger partial charge on any atom is 0.240 e. The molecule has 1 aliphatic heterocycles. The number of amides is 1. The number of nitrogens with zero attached hydrogens (tertiary/aromatic N) is 4. The summed E-state index contributed by atoms with van der Waals surface area (Å²) in [6.45, 7) is 6.08. The number of rotatable bonds is 4. The van der Waals surface area contributed by atoms with Crippen molar-refractivity contribution in [2.24, 2.45) is 0 Å². The summed E-state index contributed by atoms with van der Waals surface area (Å²) in [5.41, 5.74) is 2.18. The average molecular weight is 320 g/mol. The van der Waals surface area contributed by atoms with E-state index in [1.807, 2.05) is 13.8 Å². The molecule has 22 heavy (non-hydrogen) atoms. The van der Waals surface area contributed by atoms with Gasteiger partial charge in [-0.25, -0.2) is 0 Å². The van der Waals surface area contributed by atoms with Crippen LogP contribution in [0, 0.1) is 13.8 Å². The van der Waals surface area contributed by atoms with Crippen LogP contribution in [0.15, 0.2) is 6.07 Å². The van der Waals surface area contributed by atoms with Crippen LogP contribution in [0.1, 0.15) is 35.2 Å². The van der Waals surface area contributed by atoms with Crippen LogP contribution in [-0.4, -0.2) is 50.8 Å². The van der Waals surface area contributed by atoms with Gasteiger partial charge in [-0.15, -0.1) is 10.2 Å². The van der Waals surface area contributed by atoms with Crippen LogP contribution in [0.2, 0.25) is 0 Å². The molecule has 3 rings (SSSR count). The second kappa shape index (κ2) is 6.53. The first-order chi connectivity index (χ1) is 10.6. The molecular weight excluding hydrogens is 300 g/mol. The van der Waals surface area contributed by atoms with Crippen molar-refractivity contribution in [1.82, 2.24) is 25.3 Å². The Kier molecular flexibility index (Phi) is 4.49. The molecule has 1 atom stereocenters. The molecule has 118 valence electrons. The van der Waals surface area contributed by atoms with Gasteiger partial charge in [-0.2, -0.15) is 5.10 Å². The lowest BCUT2D eigenvalue weighted by Crippen LogP contribution is -2.39. The lowest BCUT2D eigenvalue weighted by molar-refractivity contribution is -0.117. The Morgan fingerprint density at radius 3 is 3.05 bits per heavy atom. The molecule has 1 amide bonds. The highest BCUT2D eigenvalue weighted by Crippen LogP contribution is 2.25. The van der Waals surface area contributed by atoms with Crippen LogP contribution in [0.4, 0.5) is 5.13 Å². The SMILES string of the molecule is Cc1cc([C@H]2CCCN(CC(=O)Nc3nnc(C)s3)C2)n[nH]1. The Labute approximate surface area is 133 Å². The fourth-order valence-corrected chi connectivity index (χ4v) is 3.41. The fraction of sp³-hybridized carbons (Fsp3) is 0.571. The summed E-state index contributed by atoms with van der Waals surface area (Å²) in [4.78, 5) is 14.3. The minimum atomic E-state index is -0.0324. The van der Waals surface area contributed by atoms with E-state index in [4.69, 9.17) is 0 Å². The predicted octanol–water partition coefficient (Wildman–Crippen LogP) is 1.70. The van der Waals surface area contributed by atoms with Gasteiger partial charge in [-0.1, -0.05) is 11.3 Å². The highest BCUT2D eigenvalue weighted by atomic mass is 32.1. The number of carbonyl (C=O) groups excluding carboxylic acids is 1. The number of aryl methyl sites for hydroxylation is 2. The quantitative estimate of drug-likeness (QED) is 0.895. The third-order valence-corrected chi connectivity index (χ3v) is 4.54. The van der Waals surface area contributed by atoms with E-state index >= 15 is 0 Å². The van der Waals surface area contributed by atoms with Crippen molar-refractivity contribution >= 4 is 22.4 Å². The van der Waals surface area contributed by atoms with Crippen molar-refractivity contribution in [2.45, 2.75) is 32.6 Å². The van der Waals surface area contributed by atoms with Crippen LogP contribution in [-0.2, 0) is 4.79 Å². The number of nitrogens with one attached hydrogen (secondary N) is 2. The van der Waals surface area contributed by atoms with Gasteiger partial charge >= 0.3 is 0 Å². The number of carbonyl (C=O) groups is 1. The van der Waals surface area contributed by atoms with E-state index in [1.165, 1.54) is 11.3 Å². The van der Waals surface area contributed by atoms with Crippen LogP contribution in [0.5, 0.6) is 0 Å². The molecule has 2 aromatic rings. The first kappa shape index (κ1) is 15.1. The molecule has 0 aromatic carbocycles. The molecule has 7 nitrogen and oxygen atoms in total. The van der Waals surface area contributed by atoms with Crippen molar-refractivity contribution in [3.05, 3.63) is 22.5 Å². The largest absolute Gasteiger partial charge is 0.299 e. The maximum absolute atomic E-state index is 12.1.